The summed E-state index contributed by atoms with van der Waals surface area (Å²) < 4.78 is 5.51. The molecule has 1 aliphatic rings. The van der Waals surface area contributed by atoms with Gasteiger partial charge in [0.25, 0.3) is 0 Å². The number of aromatic nitrogens is 2. The molecule has 1 aromatic carbocycles. The van der Waals surface area contributed by atoms with Gasteiger partial charge in [-0.25, -0.2) is 4.98 Å². The van der Waals surface area contributed by atoms with Crippen LogP contribution in [0.4, 0.5) is 5.82 Å². The summed E-state index contributed by atoms with van der Waals surface area (Å²) >= 11 is 0. The highest BCUT2D eigenvalue weighted by atomic mass is 16.5. The van der Waals surface area contributed by atoms with E-state index in [0.717, 1.165) is 31.1 Å². The van der Waals surface area contributed by atoms with Crippen LogP contribution in [0.2, 0.25) is 0 Å². The van der Waals surface area contributed by atoms with Crippen molar-refractivity contribution >= 4 is 5.82 Å². The van der Waals surface area contributed by atoms with Crippen LogP contribution < -0.4 is 9.64 Å². The average Bonchev–Trinajstić information content (AvgIpc) is 2.87. The Bertz CT molecular complexity index is 542. The zero-order valence-corrected chi connectivity index (χ0v) is 10.3. The van der Waals surface area contributed by atoms with Gasteiger partial charge in [0.15, 0.2) is 0 Å². The second-order valence-corrected chi connectivity index (χ2v) is 4.46. The second kappa shape index (κ2) is 4.64. The molecule has 18 heavy (non-hydrogen) atoms. The number of anilines is 1. The van der Waals surface area contributed by atoms with Gasteiger partial charge in [-0.15, -0.1) is 0 Å². The van der Waals surface area contributed by atoms with Crippen molar-refractivity contribution in [2.75, 3.05) is 18.6 Å². The monoisotopic (exact) mass is 241 g/mol. The van der Waals surface area contributed by atoms with Gasteiger partial charge in [0.05, 0.1) is 12.8 Å². The Morgan fingerprint density at radius 2 is 2.28 bits per heavy atom. The van der Waals surface area contributed by atoms with Gasteiger partial charge in [-0.3, -0.25) is 4.98 Å². The molecular formula is C14H15N3O. The first-order chi connectivity index (χ1) is 8.83. The van der Waals surface area contributed by atoms with Crippen LogP contribution in [0.1, 0.15) is 11.1 Å². The predicted molar refractivity (Wildman–Crippen MR) is 69.8 cm³/mol. The van der Waals surface area contributed by atoms with Crippen molar-refractivity contribution in [1.82, 2.24) is 9.97 Å². The number of fused-ring (bicyclic) bond motifs is 1. The highest BCUT2D eigenvalue weighted by Gasteiger charge is 2.12. The summed E-state index contributed by atoms with van der Waals surface area (Å²) in [6.07, 6.45) is 6.18. The third kappa shape index (κ3) is 2.14. The summed E-state index contributed by atoms with van der Waals surface area (Å²) in [4.78, 5) is 10.5. The topological polar surface area (TPSA) is 38.2 Å². The molecular weight excluding hydrogens is 226 g/mol. The first kappa shape index (κ1) is 11.0. The molecule has 4 nitrogen and oxygen atoms in total. The molecule has 4 heteroatoms. The molecule has 2 heterocycles. The Morgan fingerprint density at radius 3 is 3.11 bits per heavy atom. The van der Waals surface area contributed by atoms with E-state index >= 15 is 0 Å². The van der Waals surface area contributed by atoms with Crippen LogP contribution in [-0.4, -0.2) is 23.6 Å². The first-order valence-corrected chi connectivity index (χ1v) is 6.05. The molecule has 0 fully saturated rings. The minimum Gasteiger partial charge on any atom is -0.493 e. The van der Waals surface area contributed by atoms with E-state index in [4.69, 9.17) is 4.74 Å². The van der Waals surface area contributed by atoms with Gasteiger partial charge in [0.1, 0.15) is 11.6 Å². The van der Waals surface area contributed by atoms with E-state index in [9.17, 15) is 0 Å². The first-order valence-electron chi connectivity index (χ1n) is 6.05. The lowest BCUT2D eigenvalue weighted by Gasteiger charge is -2.17. The van der Waals surface area contributed by atoms with Crippen molar-refractivity contribution < 1.29 is 4.74 Å². The van der Waals surface area contributed by atoms with Crippen LogP contribution in [0.25, 0.3) is 0 Å². The minimum atomic E-state index is 0.804. The maximum atomic E-state index is 5.51. The molecule has 0 radical (unpaired) electrons. The number of rotatable bonds is 3. The number of benzene rings is 1. The van der Waals surface area contributed by atoms with E-state index in [1.165, 1.54) is 11.1 Å². The second-order valence-electron chi connectivity index (χ2n) is 4.46. The van der Waals surface area contributed by atoms with Crippen LogP contribution in [0, 0.1) is 0 Å². The lowest BCUT2D eigenvalue weighted by Crippen LogP contribution is -2.17. The smallest absolute Gasteiger partial charge is 0.147 e. The van der Waals surface area contributed by atoms with Crippen molar-refractivity contribution in [2.24, 2.45) is 0 Å². The maximum absolute atomic E-state index is 5.51. The summed E-state index contributed by atoms with van der Waals surface area (Å²) in [5.41, 5.74) is 2.58. The summed E-state index contributed by atoms with van der Waals surface area (Å²) in [5, 5.41) is 0. The van der Waals surface area contributed by atoms with Crippen molar-refractivity contribution in [1.29, 1.82) is 0 Å². The Hall–Kier alpha value is -2.10. The number of ether oxygens (including phenoxy) is 1. The number of hydrogen-bond acceptors (Lipinski definition) is 4. The fraction of sp³-hybridized carbons (Fsp3) is 0.286. The number of nitrogens with zero attached hydrogens (tertiary/aromatic N) is 3. The molecule has 0 spiro atoms. The van der Waals surface area contributed by atoms with Crippen LogP contribution in [-0.2, 0) is 13.0 Å². The Labute approximate surface area is 106 Å². The maximum Gasteiger partial charge on any atom is 0.147 e. The van der Waals surface area contributed by atoms with Gasteiger partial charge >= 0.3 is 0 Å². The summed E-state index contributed by atoms with van der Waals surface area (Å²) in [6, 6.07) is 6.38. The molecule has 1 aromatic heterocycles. The van der Waals surface area contributed by atoms with E-state index in [-0.39, 0.29) is 0 Å². The molecule has 0 N–H and O–H groups in total. The molecule has 0 aliphatic carbocycles. The van der Waals surface area contributed by atoms with Crippen LogP contribution >= 0.6 is 0 Å². The highest BCUT2D eigenvalue weighted by molar-refractivity contribution is 5.42. The molecule has 2 aromatic rings. The lowest BCUT2D eigenvalue weighted by molar-refractivity contribution is 0.357. The van der Waals surface area contributed by atoms with E-state index in [1.807, 2.05) is 7.05 Å². The molecule has 0 bridgehead atoms. The zero-order valence-electron chi connectivity index (χ0n) is 10.3. The fourth-order valence-corrected chi connectivity index (χ4v) is 2.18. The fourth-order valence-electron chi connectivity index (χ4n) is 2.18. The quantitative estimate of drug-likeness (QED) is 0.824. The highest BCUT2D eigenvalue weighted by Crippen LogP contribution is 2.26. The molecule has 0 unspecified atom stereocenters. The SMILES string of the molecule is CN(Cc1ccc2c(c1)CCO2)c1cnccn1. The van der Waals surface area contributed by atoms with Gasteiger partial charge in [0.2, 0.25) is 0 Å². The van der Waals surface area contributed by atoms with Gasteiger partial charge in [0, 0.05) is 32.4 Å². The third-order valence-electron chi connectivity index (χ3n) is 3.11. The van der Waals surface area contributed by atoms with Gasteiger partial charge in [-0.05, 0) is 17.2 Å². The Kier molecular flexibility index (Phi) is 2.84. The van der Waals surface area contributed by atoms with Crippen LogP contribution in [0.3, 0.4) is 0 Å². The van der Waals surface area contributed by atoms with Gasteiger partial charge in [-0.2, -0.15) is 0 Å². The largest absolute Gasteiger partial charge is 0.493 e. The molecule has 0 saturated carbocycles. The summed E-state index contributed by atoms with van der Waals surface area (Å²) in [5.74, 6) is 1.91. The standard InChI is InChI=1S/C14H15N3O/c1-17(14-9-15-5-6-16-14)10-11-2-3-13-12(8-11)4-7-18-13/h2-3,5-6,8-9H,4,7,10H2,1H3. The molecule has 0 saturated heterocycles. The normalized spacial score (nSPS) is 12.9. The van der Waals surface area contributed by atoms with E-state index in [0.29, 0.717) is 0 Å². The van der Waals surface area contributed by atoms with Crippen molar-refractivity contribution in [3.05, 3.63) is 47.9 Å². The van der Waals surface area contributed by atoms with Gasteiger partial charge in [-0.1, -0.05) is 12.1 Å². The predicted octanol–water partition coefficient (Wildman–Crippen LogP) is 2.05. The molecule has 92 valence electrons. The van der Waals surface area contributed by atoms with E-state index in [1.54, 1.807) is 18.6 Å². The zero-order chi connectivity index (χ0) is 12.4. The summed E-state index contributed by atoms with van der Waals surface area (Å²) in [7, 11) is 2.02. The van der Waals surface area contributed by atoms with Crippen molar-refractivity contribution in [3.8, 4) is 5.75 Å². The van der Waals surface area contributed by atoms with Crippen molar-refractivity contribution in [2.45, 2.75) is 13.0 Å². The third-order valence-corrected chi connectivity index (χ3v) is 3.11. The van der Waals surface area contributed by atoms with Crippen molar-refractivity contribution in [3.63, 3.8) is 0 Å². The van der Waals surface area contributed by atoms with E-state index in [2.05, 4.69) is 33.1 Å². The summed E-state index contributed by atoms with van der Waals surface area (Å²) in [6.45, 7) is 1.63. The molecule has 1 aliphatic heterocycles. The van der Waals surface area contributed by atoms with Gasteiger partial charge < -0.3 is 9.64 Å². The minimum absolute atomic E-state index is 0.804. The molecule has 0 atom stereocenters. The van der Waals surface area contributed by atoms with Crippen LogP contribution in [0.5, 0.6) is 5.75 Å². The molecule has 3 rings (SSSR count). The Balaban J connectivity index is 1.77. The van der Waals surface area contributed by atoms with E-state index < -0.39 is 0 Å². The lowest BCUT2D eigenvalue weighted by atomic mass is 10.1. The Morgan fingerprint density at radius 1 is 1.33 bits per heavy atom. The average molecular weight is 241 g/mol. The van der Waals surface area contributed by atoms with Crippen LogP contribution in [0.15, 0.2) is 36.8 Å². The molecule has 0 amide bonds. The number of hydrogen-bond donors (Lipinski definition) is 0.